The molecular formula is C9H7F5N2O. The molecule has 0 aliphatic heterocycles. The Morgan fingerprint density at radius 2 is 2.00 bits per heavy atom. The first-order chi connectivity index (χ1) is 7.81. The zero-order chi connectivity index (χ0) is 13.2. The van der Waals surface area contributed by atoms with Crippen molar-refractivity contribution in [3.8, 4) is 0 Å². The molecule has 0 amide bonds. The summed E-state index contributed by atoms with van der Waals surface area (Å²) in [5, 5.41) is 0. The molecule has 0 bridgehead atoms. The number of halogens is 5. The van der Waals surface area contributed by atoms with E-state index in [9.17, 15) is 26.7 Å². The van der Waals surface area contributed by atoms with Crippen LogP contribution in [0.1, 0.15) is 33.7 Å². The quantitative estimate of drug-likeness (QED) is 0.665. The van der Waals surface area contributed by atoms with Crippen LogP contribution in [0.4, 0.5) is 22.0 Å². The summed E-state index contributed by atoms with van der Waals surface area (Å²) in [6.45, 7) is -0.487. The van der Waals surface area contributed by atoms with Crippen LogP contribution in [0.15, 0.2) is 6.07 Å². The summed E-state index contributed by atoms with van der Waals surface area (Å²) in [7, 11) is 0. The molecule has 0 atom stereocenters. The minimum atomic E-state index is -4.89. The van der Waals surface area contributed by atoms with E-state index in [4.69, 9.17) is 5.73 Å². The predicted molar refractivity (Wildman–Crippen MR) is 47.5 cm³/mol. The highest BCUT2D eigenvalue weighted by Gasteiger charge is 2.35. The Morgan fingerprint density at radius 3 is 2.35 bits per heavy atom. The number of hydrogen-bond donors (Lipinski definition) is 1. The lowest BCUT2D eigenvalue weighted by atomic mass is 10.1. The monoisotopic (exact) mass is 254 g/mol. The van der Waals surface area contributed by atoms with Gasteiger partial charge >= 0.3 is 6.18 Å². The normalized spacial score (nSPS) is 11.9. The van der Waals surface area contributed by atoms with Gasteiger partial charge in [0, 0.05) is 17.7 Å². The van der Waals surface area contributed by atoms with Gasteiger partial charge in [-0.25, -0.2) is 13.8 Å². The molecule has 3 nitrogen and oxygen atoms in total. The molecule has 0 fully saturated rings. The number of nitrogens with zero attached hydrogens (tertiary/aromatic N) is 1. The van der Waals surface area contributed by atoms with Crippen molar-refractivity contribution in [2.45, 2.75) is 19.1 Å². The molecule has 1 heterocycles. The summed E-state index contributed by atoms with van der Waals surface area (Å²) in [6.07, 6.45) is -8.07. The summed E-state index contributed by atoms with van der Waals surface area (Å²) in [4.78, 5) is 13.4. The van der Waals surface area contributed by atoms with Gasteiger partial charge < -0.3 is 5.73 Å². The lowest BCUT2D eigenvalue weighted by Crippen LogP contribution is -2.15. The fourth-order valence-electron chi connectivity index (χ4n) is 1.27. The molecule has 1 aromatic heterocycles. The maximum absolute atomic E-state index is 12.5. The molecule has 0 radical (unpaired) electrons. The molecule has 2 N–H and O–H groups in total. The van der Waals surface area contributed by atoms with Crippen LogP contribution in [-0.2, 0) is 12.7 Å². The standard InChI is InChI=1S/C9H7F5N2O/c10-8(11)7-5(2-15)4(3-17)1-6(16-7)9(12,13)14/h1,3,8H,2,15H2. The van der Waals surface area contributed by atoms with Crippen LogP contribution in [0, 0.1) is 0 Å². The van der Waals surface area contributed by atoms with Gasteiger partial charge in [-0.15, -0.1) is 0 Å². The highest BCUT2D eigenvalue weighted by atomic mass is 19.4. The van der Waals surface area contributed by atoms with Crippen molar-refractivity contribution in [1.82, 2.24) is 4.98 Å². The van der Waals surface area contributed by atoms with E-state index < -0.39 is 36.1 Å². The summed E-state index contributed by atoms with van der Waals surface area (Å²) >= 11 is 0. The Morgan fingerprint density at radius 1 is 1.41 bits per heavy atom. The molecule has 1 aromatic rings. The molecule has 0 saturated carbocycles. The van der Waals surface area contributed by atoms with Crippen LogP contribution in [0.25, 0.3) is 0 Å². The van der Waals surface area contributed by atoms with Crippen LogP contribution in [0.5, 0.6) is 0 Å². The number of pyridine rings is 1. The molecule has 0 aromatic carbocycles. The fraction of sp³-hybridized carbons (Fsp3) is 0.333. The first-order valence-electron chi connectivity index (χ1n) is 4.35. The third-order valence-electron chi connectivity index (χ3n) is 2.02. The third kappa shape index (κ3) is 2.76. The highest BCUT2D eigenvalue weighted by Crippen LogP contribution is 2.32. The lowest BCUT2D eigenvalue weighted by Gasteiger charge is -2.13. The Kier molecular flexibility index (Phi) is 3.76. The molecule has 17 heavy (non-hydrogen) atoms. The van der Waals surface area contributed by atoms with Gasteiger partial charge in [-0.2, -0.15) is 13.2 Å². The Balaban J connectivity index is 3.51. The minimum absolute atomic E-state index is 0.0466. The number of aromatic nitrogens is 1. The number of aldehydes is 1. The van der Waals surface area contributed by atoms with Gasteiger partial charge in [0.25, 0.3) is 6.43 Å². The second-order valence-electron chi connectivity index (χ2n) is 3.08. The first-order valence-corrected chi connectivity index (χ1v) is 4.35. The van der Waals surface area contributed by atoms with Gasteiger partial charge in [-0.05, 0) is 6.07 Å². The summed E-state index contributed by atoms with van der Waals surface area (Å²) in [6, 6.07) is 0.404. The van der Waals surface area contributed by atoms with Crippen molar-refractivity contribution >= 4 is 6.29 Å². The van der Waals surface area contributed by atoms with E-state index in [0.29, 0.717) is 6.07 Å². The van der Waals surface area contributed by atoms with Crippen molar-refractivity contribution in [3.63, 3.8) is 0 Å². The number of hydrogen-bond acceptors (Lipinski definition) is 3. The van der Waals surface area contributed by atoms with Crippen LogP contribution < -0.4 is 5.73 Å². The molecular weight excluding hydrogens is 247 g/mol. The van der Waals surface area contributed by atoms with E-state index in [-0.39, 0.29) is 11.8 Å². The zero-order valence-electron chi connectivity index (χ0n) is 8.26. The molecule has 0 saturated heterocycles. The van der Waals surface area contributed by atoms with Gasteiger partial charge in [-0.3, -0.25) is 4.79 Å². The molecule has 94 valence electrons. The Labute approximate surface area is 92.4 Å². The second kappa shape index (κ2) is 4.74. The SMILES string of the molecule is NCc1c(C=O)cc(C(F)(F)F)nc1C(F)F. The zero-order valence-corrected chi connectivity index (χ0v) is 8.26. The first kappa shape index (κ1) is 13.5. The molecule has 0 spiro atoms. The number of carbonyl (C=O) groups excluding carboxylic acids is 1. The van der Waals surface area contributed by atoms with Gasteiger partial charge in [0.2, 0.25) is 0 Å². The average molecular weight is 254 g/mol. The Hall–Kier alpha value is -1.57. The number of nitrogens with two attached hydrogens (primary N) is 1. The van der Waals surface area contributed by atoms with Crippen LogP contribution in [-0.4, -0.2) is 11.3 Å². The number of carbonyl (C=O) groups is 1. The Bertz CT molecular complexity index is 430. The molecule has 0 unspecified atom stereocenters. The maximum atomic E-state index is 12.5. The molecule has 0 aliphatic rings. The maximum Gasteiger partial charge on any atom is 0.433 e. The van der Waals surface area contributed by atoms with Crippen molar-refractivity contribution in [1.29, 1.82) is 0 Å². The van der Waals surface area contributed by atoms with E-state index in [0.717, 1.165) is 0 Å². The van der Waals surface area contributed by atoms with Crippen molar-refractivity contribution in [2.24, 2.45) is 5.73 Å². The van der Waals surface area contributed by atoms with Gasteiger partial charge in [-0.1, -0.05) is 0 Å². The van der Waals surface area contributed by atoms with Crippen molar-refractivity contribution < 1.29 is 26.7 Å². The van der Waals surface area contributed by atoms with Crippen LogP contribution >= 0.6 is 0 Å². The van der Waals surface area contributed by atoms with Crippen LogP contribution in [0.2, 0.25) is 0 Å². The van der Waals surface area contributed by atoms with Crippen molar-refractivity contribution in [3.05, 3.63) is 28.6 Å². The van der Waals surface area contributed by atoms with E-state index in [1.165, 1.54) is 0 Å². The average Bonchev–Trinajstić information content (AvgIpc) is 2.25. The van der Waals surface area contributed by atoms with Gasteiger partial charge in [0.05, 0.1) is 0 Å². The minimum Gasteiger partial charge on any atom is -0.326 e. The fourth-order valence-corrected chi connectivity index (χ4v) is 1.27. The van der Waals surface area contributed by atoms with E-state index in [2.05, 4.69) is 4.98 Å². The highest BCUT2D eigenvalue weighted by molar-refractivity contribution is 5.78. The second-order valence-corrected chi connectivity index (χ2v) is 3.08. The summed E-state index contributed by atoms with van der Waals surface area (Å²) < 4.78 is 62.0. The van der Waals surface area contributed by atoms with E-state index >= 15 is 0 Å². The lowest BCUT2D eigenvalue weighted by molar-refractivity contribution is -0.141. The van der Waals surface area contributed by atoms with E-state index in [1.807, 2.05) is 0 Å². The molecule has 1 rings (SSSR count). The van der Waals surface area contributed by atoms with E-state index in [1.54, 1.807) is 0 Å². The summed E-state index contributed by atoms with van der Waals surface area (Å²) in [5.74, 6) is 0. The van der Waals surface area contributed by atoms with Gasteiger partial charge in [0.15, 0.2) is 6.29 Å². The summed E-state index contributed by atoms with van der Waals surface area (Å²) in [5.41, 5.74) is 1.57. The largest absolute Gasteiger partial charge is 0.433 e. The molecule has 8 heteroatoms. The van der Waals surface area contributed by atoms with Crippen LogP contribution in [0.3, 0.4) is 0 Å². The van der Waals surface area contributed by atoms with Gasteiger partial charge in [0.1, 0.15) is 11.4 Å². The smallest absolute Gasteiger partial charge is 0.326 e. The molecule has 0 aliphatic carbocycles. The topological polar surface area (TPSA) is 56.0 Å². The van der Waals surface area contributed by atoms with Crippen molar-refractivity contribution in [2.75, 3.05) is 0 Å². The number of alkyl halides is 5. The third-order valence-corrected chi connectivity index (χ3v) is 2.02. The predicted octanol–water partition coefficient (Wildman–Crippen LogP) is 2.31. The number of rotatable bonds is 3.